The lowest BCUT2D eigenvalue weighted by atomic mass is 9.92. The smallest absolute Gasteiger partial charge is 0.255 e. The van der Waals surface area contributed by atoms with Gasteiger partial charge in [0, 0.05) is 57.1 Å². The van der Waals surface area contributed by atoms with Crippen molar-refractivity contribution in [2.45, 2.75) is 32.2 Å². The van der Waals surface area contributed by atoms with E-state index in [-0.39, 0.29) is 11.9 Å². The number of ether oxygens (including phenoxy) is 1. The second-order valence-electron chi connectivity index (χ2n) is 8.15. The van der Waals surface area contributed by atoms with E-state index in [1.54, 1.807) is 31.6 Å². The number of piperidine rings is 1. The van der Waals surface area contributed by atoms with Crippen LogP contribution in [0.1, 0.15) is 46.9 Å². The maximum atomic E-state index is 13.5. The third kappa shape index (κ3) is 4.26. The first-order valence-corrected chi connectivity index (χ1v) is 10.8. The first-order valence-electron chi connectivity index (χ1n) is 10.8. The maximum absolute atomic E-state index is 13.5. The fourth-order valence-electron chi connectivity index (χ4n) is 4.09. The molecule has 1 aliphatic rings. The molecule has 1 saturated heterocycles. The van der Waals surface area contributed by atoms with E-state index in [9.17, 15) is 4.79 Å². The van der Waals surface area contributed by atoms with Crippen molar-refractivity contribution in [3.05, 3.63) is 59.8 Å². The fourth-order valence-corrected chi connectivity index (χ4v) is 4.09. The number of anilines is 1. The predicted octanol–water partition coefficient (Wildman–Crippen LogP) is 3.68. The van der Waals surface area contributed by atoms with Gasteiger partial charge in [0.2, 0.25) is 11.8 Å². The Kier molecular flexibility index (Phi) is 6.30. The molecule has 3 aromatic heterocycles. The van der Waals surface area contributed by atoms with Crippen LogP contribution in [0.2, 0.25) is 0 Å². The van der Waals surface area contributed by atoms with Gasteiger partial charge in [-0.3, -0.25) is 9.78 Å². The number of hydrogen-bond donors (Lipinski definition) is 0. The SMILES string of the molecule is COc1ccc(C(=O)N2CCCCC2c2nc(N(C)C)ncc2-c2ccncc2C)cn1. The van der Waals surface area contributed by atoms with Crippen molar-refractivity contribution in [3.8, 4) is 17.0 Å². The molecule has 3 aromatic rings. The van der Waals surface area contributed by atoms with Gasteiger partial charge in [0.05, 0.1) is 24.4 Å². The third-order valence-electron chi connectivity index (χ3n) is 5.79. The normalized spacial score (nSPS) is 16.0. The second kappa shape index (κ2) is 9.30. The topological polar surface area (TPSA) is 84.3 Å². The molecule has 0 spiro atoms. The largest absolute Gasteiger partial charge is 0.481 e. The molecule has 1 aliphatic heterocycles. The van der Waals surface area contributed by atoms with Crippen LogP contribution in [0.15, 0.2) is 43.0 Å². The average Bonchev–Trinajstić information content (AvgIpc) is 2.83. The molecule has 1 atom stereocenters. The van der Waals surface area contributed by atoms with E-state index in [4.69, 9.17) is 9.72 Å². The van der Waals surface area contributed by atoms with Crippen molar-refractivity contribution < 1.29 is 9.53 Å². The van der Waals surface area contributed by atoms with Crippen LogP contribution in [-0.4, -0.2) is 58.5 Å². The number of aromatic nitrogens is 4. The summed E-state index contributed by atoms with van der Waals surface area (Å²) in [5.74, 6) is 1.06. The molecular formula is C24H28N6O2. The Morgan fingerprint density at radius 3 is 2.62 bits per heavy atom. The molecule has 0 bridgehead atoms. The van der Waals surface area contributed by atoms with E-state index in [1.165, 1.54) is 0 Å². The van der Waals surface area contributed by atoms with E-state index in [0.29, 0.717) is 23.9 Å². The number of aryl methyl sites for hydroxylation is 1. The Morgan fingerprint density at radius 2 is 1.94 bits per heavy atom. The van der Waals surface area contributed by atoms with E-state index >= 15 is 0 Å². The Bertz CT molecular complexity index is 1100. The van der Waals surface area contributed by atoms with Crippen LogP contribution in [-0.2, 0) is 0 Å². The van der Waals surface area contributed by atoms with Crippen LogP contribution in [0, 0.1) is 6.92 Å². The molecule has 1 amide bonds. The summed E-state index contributed by atoms with van der Waals surface area (Å²) in [6.45, 7) is 2.70. The van der Waals surface area contributed by atoms with Gasteiger partial charge in [-0.05, 0) is 49.4 Å². The lowest BCUT2D eigenvalue weighted by molar-refractivity contribution is 0.0606. The lowest BCUT2D eigenvalue weighted by Crippen LogP contribution is -2.39. The second-order valence-corrected chi connectivity index (χ2v) is 8.15. The van der Waals surface area contributed by atoms with Crippen LogP contribution in [0.5, 0.6) is 5.88 Å². The highest BCUT2D eigenvalue weighted by molar-refractivity contribution is 5.94. The molecule has 0 aromatic carbocycles. The zero-order valence-electron chi connectivity index (χ0n) is 18.9. The summed E-state index contributed by atoms with van der Waals surface area (Å²) in [6.07, 6.45) is 9.89. The van der Waals surface area contributed by atoms with Gasteiger partial charge in [-0.15, -0.1) is 0 Å². The Labute approximate surface area is 188 Å². The quantitative estimate of drug-likeness (QED) is 0.608. The van der Waals surface area contributed by atoms with E-state index in [2.05, 4.69) is 15.0 Å². The van der Waals surface area contributed by atoms with Gasteiger partial charge >= 0.3 is 0 Å². The number of methoxy groups -OCH3 is 1. The minimum atomic E-state index is -0.150. The van der Waals surface area contributed by atoms with Crippen molar-refractivity contribution in [1.29, 1.82) is 0 Å². The summed E-state index contributed by atoms with van der Waals surface area (Å²) in [4.78, 5) is 35.2. The molecular weight excluding hydrogens is 404 g/mol. The van der Waals surface area contributed by atoms with E-state index in [1.807, 2.05) is 49.3 Å². The Hall–Kier alpha value is -3.55. The summed E-state index contributed by atoms with van der Waals surface area (Å²) in [6, 6.07) is 5.31. The number of rotatable bonds is 5. The van der Waals surface area contributed by atoms with E-state index < -0.39 is 0 Å². The van der Waals surface area contributed by atoms with Crippen LogP contribution in [0.25, 0.3) is 11.1 Å². The number of likely N-dealkylation sites (tertiary alicyclic amines) is 1. The number of carbonyl (C=O) groups excluding carboxylic acids is 1. The molecule has 0 aliphatic carbocycles. The first-order chi connectivity index (χ1) is 15.5. The van der Waals surface area contributed by atoms with Crippen LogP contribution < -0.4 is 9.64 Å². The van der Waals surface area contributed by atoms with Crippen molar-refractivity contribution >= 4 is 11.9 Å². The number of nitrogens with zero attached hydrogens (tertiary/aromatic N) is 6. The minimum absolute atomic E-state index is 0.0488. The molecule has 0 saturated carbocycles. The monoisotopic (exact) mass is 432 g/mol. The van der Waals surface area contributed by atoms with Crippen molar-refractivity contribution in [2.24, 2.45) is 0 Å². The Morgan fingerprint density at radius 1 is 1.09 bits per heavy atom. The summed E-state index contributed by atoms with van der Waals surface area (Å²) < 4.78 is 5.13. The van der Waals surface area contributed by atoms with Crippen LogP contribution in [0.4, 0.5) is 5.95 Å². The van der Waals surface area contributed by atoms with Gasteiger partial charge in [0.25, 0.3) is 5.91 Å². The number of carbonyl (C=O) groups is 1. The number of hydrogen-bond acceptors (Lipinski definition) is 7. The molecule has 0 N–H and O–H groups in total. The van der Waals surface area contributed by atoms with Gasteiger partial charge in [0.1, 0.15) is 0 Å². The van der Waals surface area contributed by atoms with Crippen molar-refractivity contribution in [2.75, 3.05) is 32.6 Å². The van der Waals surface area contributed by atoms with Crippen LogP contribution in [0.3, 0.4) is 0 Å². The number of amides is 1. The summed E-state index contributed by atoms with van der Waals surface area (Å²) >= 11 is 0. The predicted molar refractivity (Wildman–Crippen MR) is 123 cm³/mol. The van der Waals surface area contributed by atoms with Gasteiger partial charge in [-0.2, -0.15) is 0 Å². The van der Waals surface area contributed by atoms with Crippen molar-refractivity contribution in [3.63, 3.8) is 0 Å². The number of pyridine rings is 2. The van der Waals surface area contributed by atoms with Gasteiger partial charge in [-0.1, -0.05) is 0 Å². The summed E-state index contributed by atoms with van der Waals surface area (Å²) in [5.41, 5.74) is 4.43. The molecule has 8 nitrogen and oxygen atoms in total. The average molecular weight is 433 g/mol. The highest BCUT2D eigenvalue weighted by Gasteiger charge is 2.32. The fraction of sp³-hybridized carbons (Fsp3) is 0.375. The molecule has 8 heteroatoms. The van der Waals surface area contributed by atoms with Crippen molar-refractivity contribution in [1.82, 2.24) is 24.8 Å². The zero-order valence-corrected chi connectivity index (χ0v) is 18.9. The molecule has 4 heterocycles. The molecule has 0 radical (unpaired) electrons. The van der Waals surface area contributed by atoms with Crippen LogP contribution >= 0.6 is 0 Å². The maximum Gasteiger partial charge on any atom is 0.255 e. The summed E-state index contributed by atoms with van der Waals surface area (Å²) in [5, 5.41) is 0. The van der Waals surface area contributed by atoms with Gasteiger partial charge in [0.15, 0.2) is 0 Å². The highest BCUT2D eigenvalue weighted by atomic mass is 16.5. The molecule has 1 unspecified atom stereocenters. The molecule has 32 heavy (non-hydrogen) atoms. The standard InChI is InChI=1S/C24H28N6O2/c1-16-13-25-11-10-18(16)19-15-27-24(29(2)3)28-22(19)20-7-5-6-12-30(20)23(31)17-8-9-21(32-4)26-14-17/h8-11,13-15,20H,5-7,12H2,1-4H3. The molecule has 166 valence electrons. The third-order valence-corrected chi connectivity index (χ3v) is 5.79. The minimum Gasteiger partial charge on any atom is -0.481 e. The van der Waals surface area contributed by atoms with Gasteiger partial charge < -0.3 is 14.5 Å². The summed E-state index contributed by atoms with van der Waals surface area (Å²) in [7, 11) is 5.40. The molecule has 1 fully saturated rings. The van der Waals surface area contributed by atoms with E-state index in [0.717, 1.165) is 41.6 Å². The zero-order chi connectivity index (χ0) is 22.7. The highest BCUT2D eigenvalue weighted by Crippen LogP contribution is 2.37. The Balaban J connectivity index is 1.79. The van der Waals surface area contributed by atoms with Gasteiger partial charge in [-0.25, -0.2) is 15.0 Å². The first kappa shape index (κ1) is 21.7. The molecule has 4 rings (SSSR count). The lowest BCUT2D eigenvalue weighted by Gasteiger charge is -2.36.